The predicted molar refractivity (Wildman–Crippen MR) is 93.6 cm³/mol. The Kier molecular flexibility index (Phi) is 4.69. The van der Waals surface area contributed by atoms with Crippen LogP contribution in [0.5, 0.6) is 5.75 Å². The van der Waals surface area contributed by atoms with Crippen molar-refractivity contribution in [1.29, 1.82) is 0 Å². The van der Waals surface area contributed by atoms with Crippen molar-refractivity contribution in [2.45, 2.75) is 0 Å². The Balaban J connectivity index is 1.74. The first-order chi connectivity index (χ1) is 11.5. The number of hydrogen-bond acceptors (Lipinski definition) is 4. The second-order valence-corrected chi connectivity index (χ2v) is 6.68. The van der Waals surface area contributed by atoms with Crippen LogP contribution in [0.3, 0.4) is 0 Å². The largest absolute Gasteiger partial charge is 0.379 e. The molecular formula is C17H13ClN2O3S. The van der Waals surface area contributed by atoms with E-state index in [1.807, 2.05) is 0 Å². The lowest BCUT2D eigenvalue weighted by atomic mass is 10.2. The first-order valence-electron chi connectivity index (χ1n) is 7.01. The fourth-order valence-corrected chi connectivity index (χ4v) is 2.95. The maximum atomic E-state index is 12.0. The van der Waals surface area contributed by atoms with Crippen molar-refractivity contribution >= 4 is 27.8 Å². The maximum absolute atomic E-state index is 12.0. The third kappa shape index (κ3) is 4.04. The summed E-state index contributed by atoms with van der Waals surface area (Å²) in [4.78, 5) is 0. The summed E-state index contributed by atoms with van der Waals surface area (Å²) < 4.78 is 30.8. The van der Waals surface area contributed by atoms with E-state index in [-0.39, 0.29) is 5.75 Å². The minimum atomic E-state index is -3.88. The molecule has 5 nitrogen and oxygen atoms in total. The van der Waals surface area contributed by atoms with Gasteiger partial charge in [-0.1, -0.05) is 29.8 Å². The normalized spacial score (nSPS) is 11.7. The number of halogens is 1. The summed E-state index contributed by atoms with van der Waals surface area (Å²) in [5.74, 6) is 0.217. The molecule has 0 bridgehead atoms. The molecule has 0 aliphatic carbocycles. The van der Waals surface area contributed by atoms with E-state index in [1.165, 1.54) is 6.08 Å². The Morgan fingerprint density at radius 3 is 2.46 bits per heavy atom. The SMILES string of the molecule is O=S(=O)(C=Cc1ccccc1Cl)Oc1ccc(-n2cccn2)cc1. The van der Waals surface area contributed by atoms with Crippen LogP contribution in [0.2, 0.25) is 5.02 Å². The predicted octanol–water partition coefficient (Wildman–Crippen LogP) is 3.91. The van der Waals surface area contributed by atoms with Gasteiger partial charge in [0.25, 0.3) is 0 Å². The molecule has 0 fully saturated rings. The molecule has 0 unspecified atom stereocenters. The molecular weight excluding hydrogens is 348 g/mol. The van der Waals surface area contributed by atoms with Crippen LogP contribution in [0.25, 0.3) is 11.8 Å². The zero-order valence-electron chi connectivity index (χ0n) is 12.4. The van der Waals surface area contributed by atoms with E-state index in [1.54, 1.807) is 71.7 Å². The van der Waals surface area contributed by atoms with Crippen LogP contribution in [0.15, 0.2) is 72.4 Å². The Morgan fingerprint density at radius 1 is 1.04 bits per heavy atom. The average molecular weight is 361 g/mol. The number of hydrogen-bond donors (Lipinski definition) is 0. The Labute approximate surface area is 144 Å². The van der Waals surface area contributed by atoms with Gasteiger partial charge in [0.1, 0.15) is 5.75 Å². The standard InChI is InChI=1S/C17H13ClN2O3S/c18-17-5-2-1-4-14(17)10-13-24(21,22)23-16-8-6-15(7-9-16)20-12-3-11-19-20/h1-13H. The van der Waals surface area contributed by atoms with Gasteiger partial charge in [0, 0.05) is 17.4 Å². The van der Waals surface area contributed by atoms with Crippen LogP contribution in [0, 0.1) is 0 Å². The van der Waals surface area contributed by atoms with Crippen molar-refractivity contribution in [2.24, 2.45) is 0 Å². The molecule has 7 heteroatoms. The van der Waals surface area contributed by atoms with Gasteiger partial charge < -0.3 is 4.18 Å². The number of aromatic nitrogens is 2. The molecule has 3 aromatic rings. The molecule has 0 spiro atoms. The third-order valence-electron chi connectivity index (χ3n) is 3.14. The van der Waals surface area contributed by atoms with Gasteiger partial charge in [0.2, 0.25) is 0 Å². The Bertz CT molecular complexity index is 950. The van der Waals surface area contributed by atoms with Gasteiger partial charge in [-0.2, -0.15) is 13.5 Å². The fourth-order valence-electron chi connectivity index (χ4n) is 2.00. The first kappa shape index (κ1) is 16.3. The monoisotopic (exact) mass is 360 g/mol. The molecule has 122 valence electrons. The van der Waals surface area contributed by atoms with Crippen molar-refractivity contribution in [3.8, 4) is 11.4 Å². The van der Waals surface area contributed by atoms with E-state index >= 15 is 0 Å². The molecule has 2 aromatic carbocycles. The highest BCUT2D eigenvalue weighted by Gasteiger charge is 2.09. The Hall–Kier alpha value is -2.57. The summed E-state index contributed by atoms with van der Waals surface area (Å²) in [7, 11) is -3.88. The van der Waals surface area contributed by atoms with Gasteiger partial charge in [-0.25, -0.2) is 4.68 Å². The van der Waals surface area contributed by atoms with E-state index in [2.05, 4.69) is 5.10 Å². The minimum Gasteiger partial charge on any atom is -0.379 e. The van der Waals surface area contributed by atoms with Crippen molar-refractivity contribution in [3.63, 3.8) is 0 Å². The lowest BCUT2D eigenvalue weighted by molar-refractivity contribution is 0.497. The van der Waals surface area contributed by atoms with Crippen LogP contribution in [0.1, 0.15) is 5.56 Å². The zero-order valence-corrected chi connectivity index (χ0v) is 14.0. The van der Waals surface area contributed by atoms with Crippen molar-refractivity contribution in [2.75, 3.05) is 0 Å². The lowest BCUT2D eigenvalue weighted by Crippen LogP contribution is -2.05. The van der Waals surface area contributed by atoms with Crippen molar-refractivity contribution < 1.29 is 12.6 Å². The van der Waals surface area contributed by atoms with Crippen molar-refractivity contribution in [1.82, 2.24) is 9.78 Å². The number of rotatable bonds is 5. The summed E-state index contributed by atoms with van der Waals surface area (Å²) in [6, 6.07) is 15.3. The molecule has 1 aromatic heterocycles. The number of nitrogens with zero attached hydrogens (tertiary/aromatic N) is 2. The summed E-state index contributed by atoms with van der Waals surface area (Å²) in [6.07, 6.45) is 4.85. The fraction of sp³-hybridized carbons (Fsp3) is 0. The van der Waals surface area contributed by atoms with Gasteiger partial charge in [-0.3, -0.25) is 0 Å². The van der Waals surface area contributed by atoms with Gasteiger partial charge in [0.05, 0.1) is 11.1 Å². The van der Waals surface area contributed by atoms with Gasteiger partial charge in [0.15, 0.2) is 0 Å². The van der Waals surface area contributed by atoms with Gasteiger partial charge in [-0.15, -0.1) is 0 Å². The number of benzene rings is 2. The van der Waals surface area contributed by atoms with Crippen LogP contribution in [0.4, 0.5) is 0 Å². The molecule has 0 aliphatic heterocycles. The Morgan fingerprint density at radius 2 is 1.79 bits per heavy atom. The molecule has 0 saturated heterocycles. The molecule has 0 radical (unpaired) electrons. The van der Waals surface area contributed by atoms with E-state index in [0.29, 0.717) is 10.6 Å². The van der Waals surface area contributed by atoms with E-state index < -0.39 is 10.1 Å². The summed E-state index contributed by atoms with van der Waals surface area (Å²) in [5, 5.41) is 5.54. The molecule has 0 amide bonds. The van der Waals surface area contributed by atoms with E-state index in [0.717, 1.165) is 11.1 Å². The van der Waals surface area contributed by atoms with Gasteiger partial charge in [-0.05, 0) is 48.0 Å². The lowest BCUT2D eigenvalue weighted by Gasteiger charge is -2.05. The second kappa shape index (κ2) is 6.90. The van der Waals surface area contributed by atoms with Crippen LogP contribution in [-0.2, 0) is 10.1 Å². The molecule has 0 N–H and O–H groups in total. The zero-order chi connectivity index (χ0) is 17.0. The quantitative estimate of drug-likeness (QED) is 0.647. The molecule has 0 saturated carbocycles. The summed E-state index contributed by atoms with van der Waals surface area (Å²) in [5.41, 5.74) is 1.40. The van der Waals surface area contributed by atoms with E-state index in [4.69, 9.17) is 15.8 Å². The molecule has 3 rings (SSSR count). The minimum absolute atomic E-state index is 0.217. The molecule has 0 atom stereocenters. The molecule has 1 heterocycles. The van der Waals surface area contributed by atoms with Crippen LogP contribution < -0.4 is 4.18 Å². The first-order valence-corrected chi connectivity index (χ1v) is 8.86. The third-order valence-corrected chi connectivity index (χ3v) is 4.38. The van der Waals surface area contributed by atoms with Crippen LogP contribution in [-0.4, -0.2) is 18.2 Å². The highest BCUT2D eigenvalue weighted by molar-refractivity contribution is 7.90. The summed E-state index contributed by atoms with van der Waals surface area (Å²) >= 11 is 5.98. The van der Waals surface area contributed by atoms with E-state index in [9.17, 15) is 8.42 Å². The highest BCUT2D eigenvalue weighted by atomic mass is 35.5. The molecule has 0 aliphatic rings. The summed E-state index contributed by atoms with van der Waals surface area (Å²) in [6.45, 7) is 0. The van der Waals surface area contributed by atoms with Crippen molar-refractivity contribution in [3.05, 3.63) is 83.0 Å². The van der Waals surface area contributed by atoms with Gasteiger partial charge >= 0.3 is 10.1 Å². The molecule has 24 heavy (non-hydrogen) atoms. The smallest absolute Gasteiger partial charge is 0.332 e. The maximum Gasteiger partial charge on any atom is 0.332 e. The second-order valence-electron chi connectivity index (χ2n) is 4.84. The average Bonchev–Trinajstić information content (AvgIpc) is 3.09. The van der Waals surface area contributed by atoms with Crippen LogP contribution >= 0.6 is 11.6 Å². The highest BCUT2D eigenvalue weighted by Crippen LogP contribution is 2.19. The topological polar surface area (TPSA) is 61.2 Å².